The molecule has 1 heterocycles. The van der Waals surface area contributed by atoms with Crippen molar-refractivity contribution in [3.05, 3.63) is 48.3 Å². The molecule has 100 valence electrons. The number of anilines is 2. The average Bonchev–Trinajstić information content (AvgIpc) is 2.38. The highest BCUT2D eigenvalue weighted by atomic mass is 32.2. The number of aryl methyl sites for hydroxylation is 1. The van der Waals surface area contributed by atoms with E-state index in [1.54, 1.807) is 43.6 Å². The van der Waals surface area contributed by atoms with Crippen LogP contribution >= 0.6 is 0 Å². The highest BCUT2D eigenvalue weighted by molar-refractivity contribution is 7.92. The van der Waals surface area contributed by atoms with Crippen LogP contribution in [0.5, 0.6) is 0 Å². The Labute approximate surface area is 112 Å². The number of nitrogens with zero attached hydrogens (tertiary/aromatic N) is 2. The predicted molar refractivity (Wildman–Crippen MR) is 75.4 cm³/mol. The Hall–Kier alpha value is -2.08. The molecule has 0 spiro atoms. The van der Waals surface area contributed by atoms with Crippen molar-refractivity contribution in [1.82, 2.24) is 4.98 Å². The Bertz CT molecular complexity index is 684. The highest BCUT2D eigenvalue weighted by Crippen LogP contribution is 2.24. The fourth-order valence-electron chi connectivity index (χ4n) is 1.80. The van der Waals surface area contributed by atoms with E-state index in [-0.39, 0.29) is 4.90 Å². The maximum Gasteiger partial charge on any atom is 0.264 e. The molecule has 5 nitrogen and oxygen atoms in total. The molecule has 0 unspecified atom stereocenters. The summed E-state index contributed by atoms with van der Waals surface area (Å²) in [6.07, 6.45) is 3.11. The van der Waals surface area contributed by atoms with E-state index in [2.05, 4.69) is 4.98 Å². The summed E-state index contributed by atoms with van der Waals surface area (Å²) in [5.74, 6) is 0. The molecule has 0 saturated carbocycles. The van der Waals surface area contributed by atoms with Crippen molar-refractivity contribution in [2.45, 2.75) is 11.8 Å². The first-order valence-electron chi connectivity index (χ1n) is 5.68. The lowest BCUT2D eigenvalue weighted by molar-refractivity contribution is 0.594. The first-order valence-corrected chi connectivity index (χ1v) is 7.12. The summed E-state index contributed by atoms with van der Waals surface area (Å²) in [6.45, 7) is 1.73. The number of aromatic nitrogens is 1. The van der Waals surface area contributed by atoms with Gasteiger partial charge in [0.2, 0.25) is 0 Å². The third-order valence-corrected chi connectivity index (χ3v) is 4.81. The van der Waals surface area contributed by atoms with E-state index in [0.29, 0.717) is 16.9 Å². The number of hydrogen-bond acceptors (Lipinski definition) is 4. The minimum absolute atomic E-state index is 0.251. The van der Waals surface area contributed by atoms with Gasteiger partial charge in [-0.25, -0.2) is 8.42 Å². The summed E-state index contributed by atoms with van der Waals surface area (Å²) in [5, 5.41) is 0. The number of nitrogens with two attached hydrogens (primary N) is 1. The molecule has 0 fully saturated rings. The summed E-state index contributed by atoms with van der Waals surface area (Å²) in [7, 11) is -2.08. The summed E-state index contributed by atoms with van der Waals surface area (Å²) >= 11 is 0. The Balaban J connectivity index is 2.48. The van der Waals surface area contributed by atoms with Crippen molar-refractivity contribution in [1.29, 1.82) is 0 Å². The molecule has 0 atom stereocenters. The molecule has 2 aromatic rings. The van der Waals surface area contributed by atoms with Crippen molar-refractivity contribution in [3.8, 4) is 0 Å². The fourth-order valence-corrected chi connectivity index (χ4v) is 3.20. The molecule has 0 radical (unpaired) electrons. The number of benzene rings is 1. The number of rotatable bonds is 3. The second-order valence-electron chi connectivity index (χ2n) is 4.20. The molecule has 0 amide bonds. The molecule has 0 aliphatic carbocycles. The minimum atomic E-state index is -3.59. The van der Waals surface area contributed by atoms with Gasteiger partial charge in [0.15, 0.2) is 0 Å². The van der Waals surface area contributed by atoms with Crippen LogP contribution in [-0.2, 0) is 10.0 Å². The van der Waals surface area contributed by atoms with Crippen LogP contribution in [0.3, 0.4) is 0 Å². The molecular weight excluding hydrogens is 262 g/mol. The van der Waals surface area contributed by atoms with Gasteiger partial charge in [-0.15, -0.1) is 0 Å². The smallest absolute Gasteiger partial charge is 0.264 e. The van der Waals surface area contributed by atoms with Gasteiger partial charge in [-0.1, -0.05) is 0 Å². The van der Waals surface area contributed by atoms with E-state index in [1.807, 2.05) is 0 Å². The van der Waals surface area contributed by atoms with Crippen LogP contribution in [0.2, 0.25) is 0 Å². The molecule has 0 saturated heterocycles. The lowest BCUT2D eigenvalue weighted by atomic mass is 10.2. The molecule has 2 N–H and O–H groups in total. The van der Waals surface area contributed by atoms with Gasteiger partial charge in [0, 0.05) is 25.1 Å². The molecule has 1 aromatic carbocycles. The molecule has 0 aliphatic rings. The van der Waals surface area contributed by atoms with Gasteiger partial charge in [0.25, 0.3) is 10.0 Å². The predicted octanol–water partition coefficient (Wildman–Crippen LogP) is 1.80. The maximum absolute atomic E-state index is 12.5. The molecule has 0 bridgehead atoms. The Morgan fingerprint density at radius 1 is 1.16 bits per heavy atom. The molecule has 0 aliphatic heterocycles. The van der Waals surface area contributed by atoms with Gasteiger partial charge in [-0.2, -0.15) is 0 Å². The monoisotopic (exact) mass is 277 g/mol. The van der Waals surface area contributed by atoms with Crippen LogP contribution in [0, 0.1) is 6.92 Å². The summed E-state index contributed by atoms with van der Waals surface area (Å²) in [6, 6.07) is 8.04. The SMILES string of the molecule is Cc1cc(N)ccc1S(=O)(=O)N(C)c1ccncc1. The number of nitrogen functional groups attached to an aromatic ring is 1. The van der Waals surface area contributed by atoms with Crippen molar-refractivity contribution >= 4 is 21.4 Å². The largest absolute Gasteiger partial charge is 0.399 e. The molecule has 6 heteroatoms. The zero-order valence-electron chi connectivity index (χ0n) is 10.7. The highest BCUT2D eigenvalue weighted by Gasteiger charge is 2.23. The van der Waals surface area contributed by atoms with Gasteiger partial charge < -0.3 is 5.73 Å². The number of pyridine rings is 1. The standard InChI is InChI=1S/C13H15N3O2S/c1-10-9-11(14)3-4-13(10)19(17,18)16(2)12-5-7-15-8-6-12/h3-9H,14H2,1-2H3. The topological polar surface area (TPSA) is 76.3 Å². The summed E-state index contributed by atoms with van der Waals surface area (Å²) in [5.41, 5.74) is 7.37. The van der Waals surface area contributed by atoms with Gasteiger partial charge in [-0.05, 0) is 42.8 Å². The lowest BCUT2D eigenvalue weighted by Crippen LogP contribution is -2.27. The fraction of sp³-hybridized carbons (Fsp3) is 0.154. The normalized spacial score (nSPS) is 11.3. The van der Waals surface area contributed by atoms with Crippen LogP contribution in [0.4, 0.5) is 11.4 Å². The van der Waals surface area contributed by atoms with Crippen molar-refractivity contribution in [3.63, 3.8) is 0 Å². The molecule has 19 heavy (non-hydrogen) atoms. The number of sulfonamides is 1. The second kappa shape index (κ2) is 4.89. The lowest BCUT2D eigenvalue weighted by Gasteiger charge is -2.20. The Morgan fingerprint density at radius 3 is 2.37 bits per heavy atom. The van der Waals surface area contributed by atoms with Crippen LogP contribution in [0.25, 0.3) is 0 Å². The van der Waals surface area contributed by atoms with Gasteiger partial charge in [-0.3, -0.25) is 9.29 Å². The van der Waals surface area contributed by atoms with Gasteiger partial charge in [0.05, 0.1) is 10.6 Å². The molecule has 1 aromatic heterocycles. The average molecular weight is 277 g/mol. The Kier molecular flexibility index (Phi) is 3.44. The van der Waals surface area contributed by atoms with Gasteiger partial charge in [0.1, 0.15) is 0 Å². The maximum atomic E-state index is 12.5. The second-order valence-corrected chi connectivity index (χ2v) is 6.14. The zero-order valence-corrected chi connectivity index (χ0v) is 11.6. The minimum Gasteiger partial charge on any atom is -0.399 e. The van der Waals surface area contributed by atoms with Crippen LogP contribution in [0.1, 0.15) is 5.56 Å². The van der Waals surface area contributed by atoms with E-state index in [0.717, 1.165) is 0 Å². The van der Waals surface area contributed by atoms with Gasteiger partial charge >= 0.3 is 0 Å². The third kappa shape index (κ3) is 2.53. The first-order chi connectivity index (χ1) is 8.93. The van der Waals surface area contributed by atoms with Crippen molar-refractivity contribution < 1.29 is 8.42 Å². The van der Waals surface area contributed by atoms with Crippen LogP contribution in [-0.4, -0.2) is 20.4 Å². The van der Waals surface area contributed by atoms with E-state index in [4.69, 9.17) is 5.73 Å². The van der Waals surface area contributed by atoms with Crippen LogP contribution in [0.15, 0.2) is 47.6 Å². The summed E-state index contributed by atoms with van der Waals surface area (Å²) < 4.78 is 26.3. The van der Waals surface area contributed by atoms with Crippen molar-refractivity contribution in [2.75, 3.05) is 17.1 Å². The summed E-state index contributed by atoms with van der Waals surface area (Å²) in [4.78, 5) is 4.12. The van der Waals surface area contributed by atoms with E-state index >= 15 is 0 Å². The molecule has 2 rings (SSSR count). The number of hydrogen-bond donors (Lipinski definition) is 1. The third-order valence-electron chi connectivity index (χ3n) is 2.86. The van der Waals surface area contributed by atoms with E-state index in [1.165, 1.54) is 17.4 Å². The zero-order chi connectivity index (χ0) is 14.0. The van der Waals surface area contributed by atoms with E-state index < -0.39 is 10.0 Å². The first kappa shape index (κ1) is 13.4. The molecular formula is C13H15N3O2S. The van der Waals surface area contributed by atoms with Crippen molar-refractivity contribution in [2.24, 2.45) is 0 Å². The van der Waals surface area contributed by atoms with Crippen LogP contribution < -0.4 is 10.0 Å². The Morgan fingerprint density at radius 2 is 1.79 bits per heavy atom. The van der Waals surface area contributed by atoms with E-state index in [9.17, 15) is 8.42 Å². The quantitative estimate of drug-likeness (QED) is 0.868.